The maximum atomic E-state index is 4.99. The summed E-state index contributed by atoms with van der Waals surface area (Å²) in [5, 5.41) is 3.09. The highest BCUT2D eigenvalue weighted by molar-refractivity contribution is 7.09. The predicted molar refractivity (Wildman–Crippen MR) is 58.0 cm³/mol. The fourth-order valence-electron chi connectivity index (χ4n) is 1.04. The van der Waals surface area contributed by atoms with E-state index in [1.54, 1.807) is 36.2 Å². The average Bonchev–Trinajstić information content (AvgIpc) is 2.79. The summed E-state index contributed by atoms with van der Waals surface area (Å²) in [5.74, 6) is 1.11. The lowest BCUT2D eigenvalue weighted by Crippen LogP contribution is -2.02. The van der Waals surface area contributed by atoms with Crippen molar-refractivity contribution in [3.63, 3.8) is 0 Å². The summed E-state index contributed by atoms with van der Waals surface area (Å²) in [6.45, 7) is 0.678. The molecule has 0 aliphatic rings. The maximum Gasteiger partial charge on any atom is 0.226 e. The van der Waals surface area contributed by atoms with Gasteiger partial charge in [0.05, 0.1) is 19.2 Å². The van der Waals surface area contributed by atoms with Crippen LogP contribution in [0.2, 0.25) is 0 Å². The predicted octanol–water partition coefficient (Wildman–Crippen LogP) is 1.55. The molecule has 1 N–H and O–H groups in total. The Morgan fingerprint density at radius 1 is 1.53 bits per heavy atom. The average molecular weight is 222 g/mol. The van der Waals surface area contributed by atoms with E-state index in [0.29, 0.717) is 18.4 Å². The number of aromatic nitrogens is 3. The van der Waals surface area contributed by atoms with Gasteiger partial charge < -0.3 is 10.1 Å². The van der Waals surface area contributed by atoms with Crippen molar-refractivity contribution in [3.8, 4) is 5.88 Å². The highest BCUT2D eigenvalue weighted by Gasteiger charge is 1.99. The van der Waals surface area contributed by atoms with E-state index in [1.807, 2.05) is 6.20 Å². The Hall–Kier alpha value is -1.69. The monoisotopic (exact) mass is 222 g/mol. The van der Waals surface area contributed by atoms with Gasteiger partial charge in [-0.3, -0.25) is 4.98 Å². The second-order valence-corrected chi connectivity index (χ2v) is 3.71. The SMILES string of the molecule is COc1ccnc(NCc2cncs2)n1. The lowest BCUT2D eigenvalue weighted by molar-refractivity contribution is 0.397. The van der Waals surface area contributed by atoms with Gasteiger partial charge in [0, 0.05) is 23.3 Å². The third kappa shape index (κ3) is 2.63. The second kappa shape index (κ2) is 4.70. The number of anilines is 1. The van der Waals surface area contributed by atoms with E-state index < -0.39 is 0 Å². The van der Waals surface area contributed by atoms with Crippen LogP contribution in [0.25, 0.3) is 0 Å². The Morgan fingerprint density at radius 2 is 2.47 bits per heavy atom. The van der Waals surface area contributed by atoms with Gasteiger partial charge >= 0.3 is 0 Å². The zero-order valence-corrected chi connectivity index (χ0v) is 8.99. The third-order valence-corrected chi connectivity index (χ3v) is 2.52. The van der Waals surface area contributed by atoms with Gasteiger partial charge in [-0.05, 0) is 0 Å². The van der Waals surface area contributed by atoms with Crippen molar-refractivity contribution < 1.29 is 4.74 Å². The fraction of sp³-hybridized carbons (Fsp3) is 0.222. The zero-order chi connectivity index (χ0) is 10.5. The van der Waals surface area contributed by atoms with Crippen LogP contribution in [0.5, 0.6) is 5.88 Å². The molecule has 0 aliphatic heterocycles. The Balaban J connectivity index is 1.98. The molecule has 0 aliphatic carbocycles. The van der Waals surface area contributed by atoms with Crippen molar-refractivity contribution in [2.75, 3.05) is 12.4 Å². The van der Waals surface area contributed by atoms with E-state index in [0.717, 1.165) is 4.88 Å². The first-order valence-electron chi connectivity index (χ1n) is 4.37. The third-order valence-electron chi connectivity index (χ3n) is 1.74. The van der Waals surface area contributed by atoms with Crippen LogP contribution in [0.3, 0.4) is 0 Å². The van der Waals surface area contributed by atoms with E-state index in [-0.39, 0.29) is 0 Å². The number of ether oxygens (including phenoxy) is 1. The second-order valence-electron chi connectivity index (χ2n) is 2.74. The van der Waals surface area contributed by atoms with Gasteiger partial charge in [-0.2, -0.15) is 4.98 Å². The molecule has 0 unspecified atom stereocenters. The molecule has 2 heterocycles. The minimum Gasteiger partial charge on any atom is -0.481 e. The number of methoxy groups -OCH3 is 1. The maximum absolute atomic E-state index is 4.99. The van der Waals surface area contributed by atoms with Gasteiger partial charge in [-0.15, -0.1) is 11.3 Å². The minimum atomic E-state index is 0.553. The molecule has 2 aromatic heterocycles. The van der Waals surface area contributed by atoms with Crippen molar-refractivity contribution in [3.05, 3.63) is 28.8 Å². The first-order valence-corrected chi connectivity index (χ1v) is 5.25. The smallest absolute Gasteiger partial charge is 0.226 e. The molecule has 2 aromatic rings. The van der Waals surface area contributed by atoms with Crippen LogP contribution < -0.4 is 10.1 Å². The number of hydrogen-bond acceptors (Lipinski definition) is 6. The van der Waals surface area contributed by atoms with Crippen LogP contribution in [-0.4, -0.2) is 22.1 Å². The molecule has 0 saturated carbocycles. The number of thiazole rings is 1. The van der Waals surface area contributed by atoms with Gasteiger partial charge in [-0.25, -0.2) is 4.98 Å². The number of rotatable bonds is 4. The van der Waals surface area contributed by atoms with Gasteiger partial charge in [0.15, 0.2) is 0 Å². The van der Waals surface area contributed by atoms with E-state index >= 15 is 0 Å². The summed E-state index contributed by atoms with van der Waals surface area (Å²) < 4.78 is 4.99. The van der Waals surface area contributed by atoms with Gasteiger partial charge in [0.25, 0.3) is 0 Å². The lowest BCUT2D eigenvalue weighted by Gasteiger charge is -2.03. The summed E-state index contributed by atoms with van der Waals surface area (Å²) in [7, 11) is 1.58. The molecular formula is C9H10N4OS. The summed E-state index contributed by atoms with van der Waals surface area (Å²) in [6, 6.07) is 1.71. The van der Waals surface area contributed by atoms with Crippen molar-refractivity contribution in [2.24, 2.45) is 0 Å². The van der Waals surface area contributed by atoms with Crippen molar-refractivity contribution in [1.29, 1.82) is 0 Å². The van der Waals surface area contributed by atoms with Crippen LogP contribution in [0.4, 0.5) is 5.95 Å². The Kier molecular flexibility index (Phi) is 3.08. The van der Waals surface area contributed by atoms with Crippen molar-refractivity contribution in [2.45, 2.75) is 6.54 Å². The molecule has 78 valence electrons. The Labute approximate surface area is 91.2 Å². The molecular weight excluding hydrogens is 212 g/mol. The number of nitrogens with one attached hydrogen (secondary N) is 1. The standard InChI is InChI=1S/C9H10N4OS/c1-14-8-2-3-11-9(13-8)12-5-7-4-10-6-15-7/h2-4,6H,5H2,1H3,(H,11,12,13). The zero-order valence-electron chi connectivity index (χ0n) is 8.17. The normalized spacial score (nSPS) is 9.93. The van der Waals surface area contributed by atoms with Crippen LogP contribution in [0, 0.1) is 0 Å². The van der Waals surface area contributed by atoms with Crippen molar-refractivity contribution >= 4 is 17.3 Å². The molecule has 0 spiro atoms. The Morgan fingerprint density at radius 3 is 3.20 bits per heavy atom. The van der Waals surface area contributed by atoms with Crippen LogP contribution in [-0.2, 0) is 6.54 Å². The van der Waals surface area contributed by atoms with Crippen LogP contribution >= 0.6 is 11.3 Å². The molecule has 15 heavy (non-hydrogen) atoms. The van der Waals surface area contributed by atoms with E-state index in [9.17, 15) is 0 Å². The lowest BCUT2D eigenvalue weighted by atomic mass is 10.5. The van der Waals surface area contributed by atoms with Crippen LogP contribution in [0.1, 0.15) is 4.88 Å². The summed E-state index contributed by atoms with van der Waals surface area (Å²) >= 11 is 1.59. The van der Waals surface area contributed by atoms with Crippen LogP contribution in [0.15, 0.2) is 24.0 Å². The Bertz CT molecular complexity index is 418. The summed E-state index contributed by atoms with van der Waals surface area (Å²) in [6.07, 6.45) is 3.47. The van der Waals surface area contributed by atoms with E-state index in [1.165, 1.54) is 0 Å². The highest BCUT2D eigenvalue weighted by atomic mass is 32.1. The van der Waals surface area contributed by atoms with Gasteiger partial charge in [0.2, 0.25) is 11.8 Å². The largest absolute Gasteiger partial charge is 0.481 e. The first kappa shape index (κ1) is 9.85. The fourth-order valence-corrected chi connectivity index (χ4v) is 1.57. The molecule has 0 fully saturated rings. The number of nitrogens with zero attached hydrogens (tertiary/aromatic N) is 3. The molecule has 0 amide bonds. The highest BCUT2D eigenvalue weighted by Crippen LogP contribution is 2.10. The number of hydrogen-bond donors (Lipinski definition) is 1. The molecule has 0 saturated heterocycles. The van der Waals surface area contributed by atoms with Gasteiger partial charge in [-0.1, -0.05) is 0 Å². The van der Waals surface area contributed by atoms with E-state index in [2.05, 4.69) is 20.3 Å². The van der Waals surface area contributed by atoms with Gasteiger partial charge in [0.1, 0.15) is 0 Å². The molecule has 0 radical (unpaired) electrons. The molecule has 6 heteroatoms. The minimum absolute atomic E-state index is 0.553. The molecule has 0 bridgehead atoms. The summed E-state index contributed by atoms with van der Waals surface area (Å²) in [4.78, 5) is 13.3. The molecule has 5 nitrogen and oxygen atoms in total. The molecule has 2 rings (SSSR count). The topological polar surface area (TPSA) is 59.9 Å². The molecule has 0 aromatic carbocycles. The first-order chi connectivity index (χ1) is 7.38. The molecule has 0 atom stereocenters. The summed E-state index contributed by atoms with van der Waals surface area (Å²) in [5.41, 5.74) is 1.80. The van der Waals surface area contributed by atoms with Crippen molar-refractivity contribution in [1.82, 2.24) is 15.0 Å². The van der Waals surface area contributed by atoms with E-state index in [4.69, 9.17) is 4.74 Å². The quantitative estimate of drug-likeness (QED) is 0.850.